The van der Waals surface area contributed by atoms with E-state index in [9.17, 15) is 9.90 Å². The zero-order valence-electron chi connectivity index (χ0n) is 13.3. The van der Waals surface area contributed by atoms with Gasteiger partial charge in [0.05, 0.1) is 16.8 Å². The van der Waals surface area contributed by atoms with Gasteiger partial charge in [0, 0.05) is 18.1 Å². The van der Waals surface area contributed by atoms with Crippen LogP contribution in [0.1, 0.15) is 33.0 Å². The number of aromatic nitrogens is 2. The maximum Gasteiger partial charge on any atom is 0.336 e. The SMILES string of the molecule is Cc1c(C=Cc2cc(C(=O)O)c3ccccc3n2)cc(C#N)n1C. The summed E-state index contributed by atoms with van der Waals surface area (Å²) in [7, 11) is 1.84. The summed E-state index contributed by atoms with van der Waals surface area (Å²) in [6.07, 6.45) is 3.61. The maximum absolute atomic E-state index is 11.5. The summed E-state index contributed by atoms with van der Waals surface area (Å²) in [5.41, 5.74) is 3.86. The van der Waals surface area contributed by atoms with Gasteiger partial charge in [-0.2, -0.15) is 5.26 Å². The molecule has 2 heterocycles. The molecule has 0 saturated carbocycles. The van der Waals surface area contributed by atoms with Gasteiger partial charge in [-0.15, -0.1) is 0 Å². The standard InChI is InChI=1S/C19H15N3O2/c1-12-13(9-15(11-20)22(12)2)7-8-14-10-17(19(23)24)16-5-3-4-6-18(16)21-14/h3-10H,1-2H3,(H,23,24). The molecule has 0 unspecified atom stereocenters. The van der Waals surface area contributed by atoms with E-state index in [4.69, 9.17) is 5.26 Å². The lowest BCUT2D eigenvalue weighted by atomic mass is 10.1. The Kier molecular flexibility index (Phi) is 3.88. The minimum Gasteiger partial charge on any atom is -0.478 e. The zero-order valence-corrected chi connectivity index (χ0v) is 13.3. The molecule has 0 bridgehead atoms. The van der Waals surface area contributed by atoms with Crippen LogP contribution in [-0.2, 0) is 7.05 Å². The maximum atomic E-state index is 11.5. The predicted molar refractivity (Wildman–Crippen MR) is 92.5 cm³/mol. The van der Waals surface area contributed by atoms with Crippen LogP contribution >= 0.6 is 0 Å². The van der Waals surface area contributed by atoms with Crippen molar-refractivity contribution < 1.29 is 9.90 Å². The number of hydrogen-bond donors (Lipinski definition) is 1. The molecular weight excluding hydrogens is 302 g/mol. The molecule has 24 heavy (non-hydrogen) atoms. The molecule has 0 atom stereocenters. The molecule has 3 aromatic rings. The van der Waals surface area contributed by atoms with Crippen molar-refractivity contribution in [1.82, 2.24) is 9.55 Å². The van der Waals surface area contributed by atoms with Crippen molar-refractivity contribution in [2.75, 3.05) is 0 Å². The Hall–Kier alpha value is -3.39. The summed E-state index contributed by atoms with van der Waals surface area (Å²) in [5.74, 6) is -0.981. The minimum atomic E-state index is -0.981. The van der Waals surface area contributed by atoms with Crippen LogP contribution in [0.15, 0.2) is 36.4 Å². The van der Waals surface area contributed by atoms with E-state index < -0.39 is 5.97 Å². The fraction of sp³-hybridized carbons (Fsp3) is 0.105. The first-order valence-corrected chi connectivity index (χ1v) is 7.39. The Morgan fingerprint density at radius 1 is 1.29 bits per heavy atom. The summed E-state index contributed by atoms with van der Waals surface area (Å²) in [6, 6.07) is 12.7. The van der Waals surface area contributed by atoms with Gasteiger partial charge in [-0.05, 0) is 36.8 Å². The van der Waals surface area contributed by atoms with Crippen molar-refractivity contribution in [3.8, 4) is 6.07 Å². The molecule has 1 aromatic carbocycles. The van der Waals surface area contributed by atoms with E-state index >= 15 is 0 Å². The van der Waals surface area contributed by atoms with Crippen molar-refractivity contribution in [3.63, 3.8) is 0 Å². The summed E-state index contributed by atoms with van der Waals surface area (Å²) in [5, 5.41) is 19.1. The first-order chi connectivity index (χ1) is 11.5. The Balaban J connectivity index is 2.08. The number of hydrogen-bond acceptors (Lipinski definition) is 3. The fourth-order valence-electron chi connectivity index (χ4n) is 2.63. The van der Waals surface area contributed by atoms with Gasteiger partial charge in [-0.3, -0.25) is 0 Å². The number of nitriles is 1. The Morgan fingerprint density at radius 3 is 2.71 bits per heavy atom. The van der Waals surface area contributed by atoms with Gasteiger partial charge in [0.15, 0.2) is 0 Å². The lowest BCUT2D eigenvalue weighted by molar-refractivity contribution is 0.0699. The van der Waals surface area contributed by atoms with Crippen molar-refractivity contribution >= 4 is 29.0 Å². The fourth-order valence-corrected chi connectivity index (χ4v) is 2.63. The highest BCUT2D eigenvalue weighted by molar-refractivity contribution is 6.03. The number of benzene rings is 1. The van der Waals surface area contributed by atoms with Gasteiger partial charge in [-0.25, -0.2) is 9.78 Å². The Bertz CT molecular complexity index is 1020. The van der Waals surface area contributed by atoms with Crippen molar-refractivity contribution in [1.29, 1.82) is 5.26 Å². The smallest absolute Gasteiger partial charge is 0.336 e. The van der Waals surface area contributed by atoms with Gasteiger partial charge < -0.3 is 9.67 Å². The molecule has 5 nitrogen and oxygen atoms in total. The second-order valence-corrected chi connectivity index (χ2v) is 5.49. The summed E-state index contributed by atoms with van der Waals surface area (Å²) in [4.78, 5) is 16.0. The van der Waals surface area contributed by atoms with Crippen LogP contribution in [0.3, 0.4) is 0 Å². The highest BCUT2D eigenvalue weighted by Crippen LogP contribution is 2.21. The number of fused-ring (bicyclic) bond motifs is 1. The first kappa shape index (κ1) is 15.5. The third-order valence-electron chi connectivity index (χ3n) is 4.09. The molecule has 0 saturated heterocycles. The normalized spacial score (nSPS) is 11.0. The van der Waals surface area contributed by atoms with Crippen LogP contribution in [0.25, 0.3) is 23.1 Å². The van der Waals surface area contributed by atoms with Gasteiger partial charge in [-0.1, -0.05) is 24.3 Å². The van der Waals surface area contributed by atoms with Crippen LogP contribution < -0.4 is 0 Å². The molecular formula is C19H15N3O2. The van der Waals surface area contributed by atoms with E-state index in [1.807, 2.05) is 30.7 Å². The molecule has 3 rings (SSSR count). The van der Waals surface area contributed by atoms with Crippen LogP contribution in [0.5, 0.6) is 0 Å². The molecule has 0 aliphatic rings. The number of carbonyl (C=O) groups is 1. The first-order valence-electron chi connectivity index (χ1n) is 7.39. The summed E-state index contributed by atoms with van der Waals surface area (Å²) < 4.78 is 1.82. The second kappa shape index (κ2) is 6.01. The number of nitrogens with zero attached hydrogens (tertiary/aromatic N) is 3. The molecule has 0 aliphatic carbocycles. The van der Waals surface area contributed by atoms with Crippen molar-refractivity contribution in [2.24, 2.45) is 7.05 Å². The van der Waals surface area contributed by atoms with E-state index in [1.54, 1.807) is 36.4 Å². The number of para-hydroxylation sites is 1. The van der Waals surface area contributed by atoms with Crippen LogP contribution in [0.4, 0.5) is 0 Å². The van der Waals surface area contributed by atoms with Crippen LogP contribution in [-0.4, -0.2) is 20.6 Å². The van der Waals surface area contributed by atoms with E-state index in [2.05, 4.69) is 11.1 Å². The molecule has 0 spiro atoms. The zero-order chi connectivity index (χ0) is 17.3. The number of aromatic carboxylic acids is 1. The molecule has 2 aromatic heterocycles. The predicted octanol–water partition coefficient (Wildman–Crippen LogP) is 3.62. The molecule has 0 fully saturated rings. The monoisotopic (exact) mass is 317 g/mol. The average molecular weight is 317 g/mol. The largest absolute Gasteiger partial charge is 0.478 e. The van der Waals surface area contributed by atoms with Crippen molar-refractivity contribution in [3.05, 3.63) is 64.6 Å². The number of pyridine rings is 1. The lowest BCUT2D eigenvalue weighted by Gasteiger charge is -2.04. The van der Waals surface area contributed by atoms with Gasteiger partial charge >= 0.3 is 5.97 Å². The van der Waals surface area contributed by atoms with E-state index in [1.165, 1.54) is 0 Å². The van der Waals surface area contributed by atoms with E-state index in [-0.39, 0.29) is 5.56 Å². The Labute approximate surface area is 139 Å². The van der Waals surface area contributed by atoms with Gasteiger partial charge in [0.25, 0.3) is 0 Å². The van der Waals surface area contributed by atoms with Crippen molar-refractivity contribution in [2.45, 2.75) is 6.92 Å². The van der Waals surface area contributed by atoms with Gasteiger partial charge in [0.2, 0.25) is 0 Å². The molecule has 0 amide bonds. The molecule has 0 aliphatic heterocycles. The number of rotatable bonds is 3. The van der Waals surface area contributed by atoms with E-state index in [0.29, 0.717) is 22.3 Å². The Morgan fingerprint density at radius 2 is 2.04 bits per heavy atom. The third kappa shape index (κ3) is 2.66. The number of carboxylic acids is 1. The third-order valence-corrected chi connectivity index (χ3v) is 4.09. The number of carboxylic acid groups (broad SMARTS) is 1. The molecule has 1 N–H and O–H groups in total. The summed E-state index contributed by atoms with van der Waals surface area (Å²) in [6.45, 7) is 1.93. The minimum absolute atomic E-state index is 0.225. The highest BCUT2D eigenvalue weighted by Gasteiger charge is 2.11. The average Bonchev–Trinajstić information content (AvgIpc) is 2.86. The highest BCUT2D eigenvalue weighted by atomic mass is 16.4. The van der Waals surface area contributed by atoms with Crippen LogP contribution in [0, 0.1) is 18.3 Å². The topological polar surface area (TPSA) is 78.9 Å². The lowest BCUT2D eigenvalue weighted by Crippen LogP contribution is -2.00. The van der Waals surface area contributed by atoms with Gasteiger partial charge in [0.1, 0.15) is 11.8 Å². The van der Waals surface area contributed by atoms with E-state index in [0.717, 1.165) is 11.3 Å². The molecule has 118 valence electrons. The quantitative estimate of drug-likeness (QED) is 0.800. The molecule has 5 heteroatoms. The summed E-state index contributed by atoms with van der Waals surface area (Å²) >= 11 is 0. The second-order valence-electron chi connectivity index (χ2n) is 5.49. The molecule has 0 radical (unpaired) electrons. The van der Waals surface area contributed by atoms with Crippen LogP contribution in [0.2, 0.25) is 0 Å².